The van der Waals surface area contributed by atoms with E-state index in [0.29, 0.717) is 12.1 Å². The first kappa shape index (κ1) is 18.9. The maximum absolute atomic E-state index is 11.5. The molecule has 2 N–H and O–H groups in total. The molecule has 0 radical (unpaired) electrons. The molecule has 2 aromatic carbocycles. The number of esters is 1. The Morgan fingerprint density at radius 1 is 1.07 bits per heavy atom. The number of methoxy groups -OCH3 is 1. The number of hydrogen-bond acceptors (Lipinski definition) is 5. The fourth-order valence-corrected chi connectivity index (χ4v) is 2.83. The van der Waals surface area contributed by atoms with Crippen LogP contribution >= 0.6 is 0 Å². The van der Waals surface area contributed by atoms with Gasteiger partial charge in [0.25, 0.3) is 0 Å². The maximum atomic E-state index is 11.5. The van der Waals surface area contributed by atoms with Gasteiger partial charge in [-0.05, 0) is 36.8 Å². The van der Waals surface area contributed by atoms with Crippen LogP contribution in [0.1, 0.15) is 34.7 Å². The third kappa shape index (κ3) is 4.64. The summed E-state index contributed by atoms with van der Waals surface area (Å²) in [5.74, 6) is 1.13. The van der Waals surface area contributed by atoms with Gasteiger partial charge in [-0.15, -0.1) is 0 Å². The van der Waals surface area contributed by atoms with Crippen molar-refractivity contribution in [2.24, 2.45) is 0 Å². The predicted molar refractivity (Wildman–Crippen MR) is 103 cm³/mol. The number of ether oxygens (including phenoxy) is 1. The lowest BCUT2D eigenvalue weighted by atomic mass is 10.0. The fraction of sp³-hybridized carbons (Fsp3) is 0.227. The summed E-state index contributed by atoms with van der Waals surface area (Å²) in [5, 5.41) is 13.7. The quantitative estimate of drug-likeness (QED) is 0.621. The summed E-state index contributed by atoms with van der Waals surface area (Å²) in [5.41, 5.74) is 2.26. The molecule has 0 saturated heterocycles. The number of furan rings is 1. The normalized spacial score (nSPS) is 13.1. The summed E-state index contributed by atoms with van der Waals surface area (Å²) in [6.45, 7) is 2.44. The van der Waals surface area contributed by atoms with Crippen molar-refractivity contribution in [2.75, 3.05) is 7.11 Å². The Balaban J connectivity index is 1.60. The van der Waals surface area contributed by atoms with Crippen molar-refractivity contribution in [1.82, 2.24) is 5.32 Å². The number of carbonyl (C=O) groups is 1. The van der Waals surface area contributed by atoms with Crippen LogP contribution in [0, 0.1) is 0 Å². The van der Waals surface area contributed by atoms with Crippen molar-refractivity contribution in [2.45, 2.75) is 25.6 Å². The number of aliphatic hydroxyl groups excluding tert-OH is 1. The van der Waals surface area contributed by atoms with Crippen LogP contribution in [0.3, 0.4) is 0 Å². The van der Waals surface area contributed by atoms with Gasteiger partial charge in [0.1, 0.15) is 11.5 Å². The SMILES string of the molecule is COC(=O)c1ccc(-c2ccc(CNC(C)C(O)c3ccccc3)o2)cc1. The molecule has 27 heavy (non-hydrogen) atoms. The van der Waals surface area contributed by atoms with Crippen molar-refractivity contribution in [3.05, 3.63) is 83.6 Å². The van der Waals surface area contributed by atoms with Gasteiger partial charge in [-0.2, -0.15) is 0 Å². The number of rotatable bonds is 7. The average Bonchev–Trinajstić information content (AvgIpc) is 3.20. The average molecular weight is 365 g/mol. The first-order valence-corrected chi connectivity index (χ1v) is 8.82. The highest BCUT2D eigenvalue weighted by molar-refractivity contribution is 5.89. The lowest BCUT2D eigenvalue weighted by Gasteiger charge is -2.20. The van der Waals surface area contributed by atoms with Crippen molar-refractivity contribution < 1.29 is 19.1 Å². The minimum absolute atomic E-state index is 0.125. The van der Waals surface area contributed by atoms with Crippen LogP contribution in [0.2, 0.25) is 0 Å². The molecule has 0 aliphatic heterocycles. The van der Waals surface area contributed by atoms with Gasteiger partial charge in [-0.3, -0.25) is 0 Å². The standard InChI is InChI=1S/C22H23NO4/c1-15(21(24)17-6-4-3-5-7-17)23-14-19-12-13-20(27-19)16-8-10-18(11-9-16)22(25)26-2/h3-13,15,21,23-24H,14H2,1-2H3. The van der Waals surface area contributed by atoms with Crippen molar-refractivity contribution >= 4 is 5.97 Å². The molecule has 0 fully saturated rings. The number of benzene rings is 2. The Kier molecular flexibility index (Phi) is 6.06. The second-order valence-electron chi connectivity index (χ2n) is 6.36. The Morgan fingerprint density at radius 2 is 1.78 bits per heavy atom. The molecule has 0 spiro atoms. The highest BCUT2D eigenvalue weighted by Crippen LogP contribution is 2.23. The zero-order valence-corrected chi connectivity index (χ0v) is 15.4. The topological polar surface area (TPSA) is 71.7 Å². The molecule has 1 heterocycles. The summed E-state index contributed by atoms with van der Waals surface area (Å²) in [6.07, 6.45) is -0.591. The highest BCUT2D eigenvalue weighted by atomic mass is 16.5. The van der Waals surface area contributed by atoms with Crippen molar-refractivity contribution in [3.63, 3.8) is 0 Å². The van der Waals surface area contributed by atoms with Crippen LogP contribution < -0.4 is 5.32 Å². The Morgan fingerprint density at radius 3 is 2.44 bits per heavy atom. The van der Waals surface area contributed by atoms with Crippen LogP contribution in [-0.2, 0) is 11.3 Å². The van der Waals surface area contributed by atoms with E-state index in [-0.39, 0.29) is 12.0 Å². The van der Waals surface area contributed by atoms with Crippen molar-refractivity contribution in [3.8, 4) is 11.3 Å². The Bertz CT molecular complexity index is 871. The summed E-state index contributed by atoms with van der Waals surface area (Å²) in [6, 6.07) is 20.3. The zero-order valence-electron chi connectivity index (χ0n) is 15.4. The summed E-state index contributed by atoms with van der Waals surface area (Å²) in [7, 11) is 1.36. The first-order valence-electron chi connectivity index (χ1n) is 8.82. The van der Waals surface area contributed by atoms with Gasteiger partial charge in [0.15, 0.2) is 0 Å². The van der Waals surface area contributed by atoms with Crippen LogP contribution in [0.4, 0.5) is 0 Å². The zero-order chi connectivity index (χ0) is 19.2. The van der Waals surface area contributed by atoms with E-state index in [0.717, 1.165) is 22.6 Å². The Labute approximate surface area is 158 Å². The largest absolute Gasteiger partial charge is 0.465 e. The molecule has 5 heteroatoms. The van der Waals surface area contributed by atoms with Gasteiger partial charge in [0, 0.05) is 11.6 Å². The van der Waals surface area contributed by atoms with E-state index < -0.39 is 6.10 Å². The van der Waals surface area contributed by atoms with Crippen LogP contribution in [-0.4, -0.2) is 24.2 Å². The molecule has 2 atom stereocenters. The molecule has 0 bridgehead atoms. The minimum atomic E-state index is -0.591. The third-order valence-electron chi connectivity index (χ3n) is 4.47. The smallest absolute Gasteiger partial charge is 0.337 e. The van der Waals surface area contributed by atoms with Crippen LogP contribution in [0.25, 0.3) is 11.3 Å². The molecule has 140 valence electrons. The van der Waals surface area contributed by atoms with E-state index in [9.17, 15) is 9.90 Å². The van der Waals surface area contributed by atoms with E-state index in [4.69, 9.17) is 9.15 Å². The number of nitrogens with one attached hydrogen (secondary N) is 1. The molecule has 3 aromatic rings. The molecule has 0 saturated carbocycles. The first-order chi connectivity index (χ1) is 13.1. The second kappa shape index (κ2) is 8.66. The summed E-state index contributed by atoms with van der Waals surface area (Å²) >= 11 is 0. The number of hydrogen-bond donors (Lipinski definition) is 2. The Hall–Kier alpha value is -2.89. The molecular weight excluding hydrogens is 342 g/mol. The van der Waals surface area contributed by atoms with Crippen LogP contribution in [0.5, 0.6) is 0 Å². The summed E-state index contributed by atoms with van der Waals surface area (Å²) in [4.78, 5) is 11.5. The molecule has 0 aliphatic carbocycles. The van der Waals surface area contributed by atoms with Gasteiger partial charge >= 0.3 is 5.97 Å². The molecule has 3 rings (SSSR count). The van der Waals surface area contributed by atoms with Crippen LogP contribution in [0.15, 0.2) is 71.1 Å². The maximum Gasteiger partial charge on any atom is 0.337 e. The molecule has 0 aliphatic rings. The van der Waals surface area contributed by atoms with E-state index in [2.05, 4.69) is 5.32 Å². The van der Waals surface area contributed by atoms with E-state index in [1.807, 2.05) is 61.5 Å². The highest BCUT2D eigenvalue weighted by Gasteiger charge is 2.16. The fourth-order valence-electron chi connectivity index (χ4n) is 2.83. The van der Waals surface area contributed by atoms with Crippen molar-refractivity contribution in [1.29, 1.82) is 0 Å². The summed E-state index contributed by atoms with van der Waals surface area (Å²) < 4.78 is 10.6. The lowest BCUT2D eigenvalue weighted by Crippen LogP contribution is -2.31. The van der Waals surface area contributed by atoms with Gasteiger partial charge in [-0.1, -0.05) is 42.5 Å². The monoisotopic (exact) mass is 365 g/mol. The van der Waals surface area contributed by atoms with Gasteiger partial charge in [0.05, 0.1) is 25.3 Å². The van der Waals surface area contributed by atoms with E-state index in [1.165, 1.54) is 7.11 Å². The van der Waals surface area contributed by atoms with E-state index in [1.54, 1.807) is 12.1 Å². The molecular formula is C22H23NO4. The van der Waals surface area contributed by atoms with Gasteiger partial charge in [-0.25, -0.2) is 4.79 Å². The van der Waals surface area contributed by atoms with Gasteiger partial charge < -0.3 is 19.6 Å². The molecule has 1 aromatic heterocycles. The third-order valence-corrected chi connectivity index (χ3v) is 4.47. The van der Waals surface area contributed by atoms with Gasteiger partial charge in [0.2, 0.25) is 0 Å². The molecule has 0 amide bonds. The molecule has 2 unspecified atom stereocenters. The number of aliphatic hydroxyl groups is 1. The minimum Gasteiger partial charge on any atom is -0.465 e. The lowest BCUT2D eigenvalue weighted by molar-refractivity contribution is 0.0600. The second-order valence-corrected chi connectivity index (χ2v) is 6.36. The predicted octanol–water partition coefficient (Wildman–Crippen LogP) is 3.94. The van der Waals surface area contributed by atoms with E-state index >= 15 is 0 Å². The molecule has 5 nitrogen and oxygen atoms in total. The number of carbonyl (C=O) groups excluding carboxylic acids is 1.